The largest absolute Gasteiger partial charge is 0.496 e. The number of amides is 1. The molecule has 4 rings (SSSR count). The summed E-state index contributed by atoms with van der Waals surface area (Å²) in [5.41, 5.74) is 6.29. The van der Waals surface area contributed by atoms with Crippen molar-refractivity contribution in [2.75, 3.05) is 7.11 Å². The number of ether oxygens (including phenoxy) is 1. The molecule has 0 fully saturated rings. The Morgan fingerprint density at radius 2 is 1.96 bits per heavy atom. The first-order chi connectivity index (χ1) is 13.8. The number of hydrazone groups is 1. The van der Waals surface area contributed by atoms with Crippen molar-refractivity contribution >= 4 is 34.4 Å². The molecule has 28 heavy (non-hydrogen) atoms. The molecular formula is C22H17N3O2S. The lowest BCUT2D eigenvalue weighted by atomic mass is 10.0. The molecule has 2 heterocycles. The third kappa shape index (κ3) is 3.63. The number of hydrogen-bond acceptors (Lipinski definition) is 5. The molecule has 0 aliphatic heterocycles. The minimum atomic E-state index is -0.291. The monoisotopic (exact) mass is 387 g/mol. The Morgan fingerprint density at radius 1 is 1.14 bits per heavy atom. The van der Waals surface area contributed by atoms with Gasteiger partial charge in [-0.1, -0.05) is 30.3 Å². The van der Waals surface area contributed by atoms with Crippen molar-refractivity contribution in [3.63, 3.8) is 0 Å². The van der Waals surface area contributed by atoms with Gasteiger partial charge in [0.2, 0.25) is 0 Å². The first-order valence-electron chi connectivity index (χ1n) is 8.65. The summed E-state index contributed by atoms with van der Waals surface area (Å²) in [5, 5.41) is 8.75. The maximum atomic E-state index is 12.8. The van der Waals surface area contributed by atoms with Crippen molar-refractivity contribution in [3.8, 4) is 17.0 Å². The molecule has 4 aromatic rings. The molecule has 6 heteroatoms. The van der Waals surface area contributed by atoms with Gasteiger partial charge in [0.15, 0.2) is 0 Å². The van der Waals surface area contributed by atoms with Gasteiger partial charge in [0.25, 0.3) is 5.91 Å². The van der Waals surface area contributed by atoms with Gasteiger partial charge in [-0.25, -0.2) is 10.4 Å². The van der Waals surface area contributed by atoms with E-state index >= 15 is 0 Å². The Labute approximate surface area is 166 Å². The van der Waals surface area contributed by atoms with Crippen LogP contribution in [-0.2, 0) is 0 Å². The third-order valence-electron chi connectivity index (χ3n) is 4.27. The van der Waals surface area contributed by atoms with Gasteiger partial charge >= 0.3 is 0 Å². The van der Waals surface area contributed by atoms with Crippen molar-refractivity contribution in [2.24, 2.45) is 5.10 Å². The number of aromatic nitrogens is 1. The van der Waals surface area contributed by atoms with Crippen molar-refractivity contribution in [3.05, 3.63) is 82.6 Å². The Bertz CT molecular complexity index is 1150. The number of hydrogen-bond donors (Lipinski definition) is 1. The van der Waals surface area contributed by atoms with Gasteiger partial charge in [0, 0.05) is 16.5 Å². The quantitative estimate of drug-likeness (QED) is 0.397. The second-order valence-electron chi connectivity index (χ2n) is 6.03. The second kappa shape index (κ2) is 8.02. The summed E-state index contributed by atoms with van der Waals surface area (Å²) in [6, 6.07) is 18.9. The average molecular weight is 387 g/mol. The van der Waals surface area contributed by atoms with Crippen molar-refractivity contribution < 1.29 is 9.53 Å². The molecule has 138 valence electrons. The minimum Gasteiger partial charge on any atom is -0.496 e. The van der Waals surface area contributed by atoms with E-state index in [0.717, 1.165) is 22.0 Å². The zero-order valence-corrected chi connectivity index (χ0v) is 15.9. The van der Waals surface area contributed by atoms with Crippen LogP contribution in [0, 0.1) is 0 Å². The highest BCUT2D eigenvalue weighted by atomic mass is 32.1. The number of fused-ring (bicyclic) bond motifs is 1. The fraction of sp³-hybridized carbons (Fsp3) is 0.0455. The topological polar surface area (TPSA) is 63.6 Å². The van der Waals surface area contributed by atoms with Crippen LogP contribution in [0.2, 0.25) is 0 Å². The molecule has 0 bridgehead atoms. The molecule has 0 aliphatic carbocycles. The number of thiophene rings is 1. The third-order valence-corrected chi connectivity index (χ3v) is 4.97. The molecule has 1 amide bonds. The molecular weight excluding hydrogens is 370 g/mol. The molecule has 0 unspecified atom stereocenters. The predicted octanol–water partition coefficient (Wildman–Crippen LogP) is 4.74. The fourth-order valence-corrected chi connectivity index (χ4v) is 3.54. The molecule has 5 nitrogen and oxygen atoms in total. The summed E-state index contributed by atoms with van der Waals surface area (Å²) in [5.74, 6) is 0.411. The number of methoxy groups -OCH3 is 1. The number of pyridine rings is 1. The number of rotatable bonds is 5. The minimum absolute atomic E-state index is 0.291. The molecule has 1 N–H and O–H groups in total. The highest BCUT2D eigenvalue weighted by Crippen LogP contribution is 2.31. The zero-order chi connectivity index (χ0) is 19.3. The van der Waals surface area contributed by atoms with Crippen LogP contribution < -0.4 is 10.2 Å². The van der Waals surface area contributed by atoms with Gasteiger partial charge < -0.3 is 4.74 Å². The van der Waals surface area contributed by atoms with Crippen LogP contribution in [0.15, 0.2) is 76.5 Å². The molecule has 0 atom stereocenters. The van der Waals surface area contributed by atoms with Crippen LogP contribution in [0.4, 0.5) is 0 Å². The van der Waals surface area contributed by atoms with Gasteiger partial charge in [-0.15, -0.1) is 0 Å². The predicted molar refractivity (Wildman–Crippen MR) is 113 cm³/mol. The summed E-state index contributed by atoms with van der Waals surface area (Å²) >= 11 is 1.58. The molecule has 2 aromatic carbocycles. The summed E-state index contributed by atoms with van der Waals surface area (Å²) in [7, 11) is 1.62. The van der Waals surface area contributed by atoms with Crippen LogP contribution >= 0.6 is 11.3 Å². The summed E-state index contributed by atoms with van der Waals surface area (Å²) in [6.45, 7) is 0. The van der Waals surface area contributed by atoms with Gasteiger partial charge in [-0.05, 0) is 41.1 Å². The van der Waals surface area contributed by atoms with E-state index in [4.69, 9.17) is 9.72 Å². The van der Waals surface area contributed by atoms with Crippen molar-refractivity contribution in [1.29, 1.82) is 0 Å². The average Bonchev–Trinajstić information content (AvgIpc) is 3.26. The Hall–Kier alpha value is -3.51. The van der Waals surface area contributed by atoms with Crippen LogP contribution in [0.25, 0.3) is 22.2 Å². The lowest BCUT2D eigenvalue weighted by Crippen LogP contribution is -2.18. The molecule has 0 spiro atoms. The summed E-state index contributed by atoms with van der Waals surface area (Å²) in [6.07, 6.45) is 1.62. The first kappa shape index (κ1) is 17.9. The SMILES string of the molecule is COc1ccccc1-c1cc(C(=O)N/N=C/c2ccsc2)c2ccccc2n1. The van der Waals surface area contributed by atoms with Crippen LogP contribution in [0.3, 0.4) is 0 Å². The Balaban J connectivity index is 1.75. The van der Waals surface area contributed by atoms with E-state index in [-0.39, 0.29) is 5.91 Å². The first-order valence-corrected chi connectivity index (χ1v) is 9.59. The smallest absolute Gasteiger partial charge is 0.272 e. The number of para-hydroxylation sites is 2. The molecule has 2 aromatic heterocycles. The molecule has 0 aliphatic rings. The number of nitrogens with one attached hydrogen (secondary N) is 1. The maximum absolute atomic E-state index is 12.8. The maximum Gasteiger partial charge on any atom is 0.272 e. The number of nitrogens with zero attached hydrogens (tertiary/aromatic N) is 2. The van der Waals surface area contributed by atoms with E-state index in [1.54, 1.807) is 30.7 Å². The number of benzene rings is 2. The van der Waals surface area contributed by atoms with Gasteiger partial charge in [-0.2, -0.15) is 16.4 Å². The number of carbonyl (C=O) groups is 1. The van der Waals surface area contributed by atoms with E-state index in [0.29, 0.717) is 17.0 Å². The van der Waals surface area contributed by atoms with E-state index in [9.17, 15) is 4.79 Å². The lowest BCUT2D eigenvalue weighted by Gasteiger charge is -2.11. The Morgan fingerprint density at radius 3 is 2.79 bits per heavy atom. The van der Waals surface area contributed by atoms with Crippen LogP contribution in [-0.4, -0.2) is 24.2 Å². The molecule has 0 saturated carbocycles. The fourth-order valence-electron chi connectivity index (χ4n) is 2.93. The van der Waals surface area contributed by atoms with E-state index in [1.807, 2.05) is 65.4 Å². The zero-order valence-electron chi connectivity index (χ0n) is 15.1. The molecule has 0 radical (unpaired) electrons. The van der Waals surface area contributed by atoms with Crippen molar-refractivity contribution in [1.82, 2.24) is 10.4 Å². The Kier molecular flexibility index (Phi) is 5.12. The van der Waals surface area contributed by atoms with E-state index < -0.39 is 0 Å². The highest BCUT2D eigenvalue weighted by Gasteiger charge is 2.15. The lowest BCUT2D eigenvalue weighted by molar-refractivity contribution is 0.0956. The van der Waals surface area contributed by atoms with E-state index in [1.165, 1.54) is 0 Å². The van der Waals surface area contributed by atoms with E-state index in [2.05, 4.69) is 10.5 Å². The molecule has 0 saturated heterocycles. The second-order valence-corrected chi connectivity index (χ2v) is 6.81. The summed E-state index contributed by atoms with van der Waals surface area (Å²) in [4.78, 5) is 17.6. The van der Waals surface area contributed by atoms with Gasteiger partial charge in [0.05, 0.1) is 30.1 Å². The van der Waals surface area contributed by atoms with Crippen LogP contribution in [0.5, 0.6) is 5.75 Å². The highest BCUT2D eigenvalue weighted by molar-refractivity contribution is 7.08. The normalized spacial score (nSPS) is 11.0. The van der Waals surface area contributed by atoms with Gasteiger partial charge in [0.1, 0.15) is 5.75 Å². The number of carbonyl (C=O) groups excluding carboxylic acids is 1. The van der Waals surface area contributed by atoms with Gasteiger partial charge in [-0.3, -0.25) is 4.79 Å². The van der Waals surface area contributed by atoms with Crippen molar-refractivity contribution in [2.45, 2.75) is 0 Å². The van der Waals surface area contributed by atoms with Crippen LogP contribution in [0.1, 0.15) is 15.9 Å². The standard InChI is InChI=1S/C22H17N3O2S/c1-27-21-9-5-3-7-17(21)20-12-18(16-6-2-4-8-19(16)24-20)22(26)25-23-13-15-10-11-28-14-15/h2-14H,1H3,(H,25,26)/b23-13+. The summed E-state index contributed by atoms with van der Waals surface area (Å²) < 4.78 is 5.46.